The lowest BCUT2D eigenvalue weighted by Crippen LogP contribution is -2.29. The molecule has 1 atom stereocenters. The van der Waals surface area contributed by atoms with Gasteiger partial charge < -0.3 is 20.7 Å². The van der Waals surface area contributed by atoms with Gasteiger partial charge in [0.1, 0.15) is 5.75 Å². The van der Waals surface area contributed by atoms with E-state index in [0.717, 1.165) is 29.6 Å². The molecule has 106 valence electrons. The van der Waals surface area contributed by atoms with Gasteiger partial charge in [-0.3, -0.25) is 0 Å². The summed E-state index contributed by atoms with van der Waals surface area (Å²) >= 11 is 0. The average molecular weight is 263 g/mol. The normalized spacial score (nSPS) is 19.9. The Bertz CT molecular complexity index is 420. The average Bonchev–Trinajstić information content (AvgIpc) is 2.84. The zero-order chi connectivity index (χ0) is 13.8. The minimum atomic E-state index is 0.650. The van der Waals surface area contributed by atoms with Crippen LogP contribution in [0.15, 0.2) is 18.2 Å². The summed E-state index contributed by atoms with van der Waals surface area (Å²) in [5, 5.41) is 3.47. The molecule has 1 aliphatic heterocycles. The van der Waals surface area contributed by atoms with E-state index < -0.39 is 0 Å². The number of nitrogens with one attached hydrogen (secondary N) is 1. The van der Waals surface area contributed by atoms with E-state index >= 15 is 0 Å². The Morgan fingerprint density at radius 2 is 2.21 bits per heavy atom. The van der Waals surface area contributed by atoms with E-state index in [-0.39, 0.29) is 0 Å². The van der Waals surface area contributed by atoms with Crippen LogP contribution in [-0.4, -0.2) is 37.7 Å². The second kappa shape index (κ2) is 6.15. The van der Waals surface area contributed by atoms with Gasteiger partial charge in [0.05, 0.1) is 7.11 Å². The first-order chi connectivity index (χ1) is 9.08. The highest BCUT2D eigenvalue weighted by Crippen LogP contribution is 2.24. The van der Waals surface area contributed by atoms with E-state index in [9.17, 15) is 0 Å². The Kier molecular flexibility index (Phi) is 4.53. The molecule has 1 saturated heterocycles. The summed E-state index contributed by atoms with van der Waals surface area (Å²) in [5.74, 6) is 1.52. The van der Waals surface area contributed by atoms with E-state index in [2.05, 4.69) is 24.1 Å². The number of hydrogen-bond acceptors (Lipinski definition) is 4. The monoisotopic (exact) mass is 263 g/mol. The molecule has 1 fully saturated rings. The smallest absolute Gasteiger partial charge is 0.122 e. The molecule has 1 unspecified atom stereocenters. The van der Waals surface area contributed by atoms with Crippen LogP contribution in [0.2, 0.25) is 0 Å². The van der Waals surface area contributed by atoms with Crippen molar-refractivity contribution in [2.45, 2.75) is 26.3 Å². The second-order valence-corrected chi connectivity index (χ2v) is 5.62. The molecule has 0 bridgehead atoms. The van der Waals surface area contributed by atoms with Gasteiger partial charge in [-0.25, -0.2) is 0 Å². The summed E-state index contributed by atoms with van der Waals surface area (Å²) in [6, 6.07) is 6.43. The number of nitrogen functional groups attached to an aromatic ring is 1. The van der Waals surface area contributed by atoms with Crippen LogP contribution in [0.5, 0.6) is 5.75 Å². The maximum absolute atomic E-state index is 5.85. The summed E-state index contributed by atoms with van der Waals surface area (Å²) in [4.78, 5) is 2.53. The van der Waals surface area contributed by atoms with Gasteiger partial charge in [-0.05, 0) is 38.8 Å². The van der Waals surface area contributed by atoms with Crippen LogP contribution in [0.4, 0.5) is 11.4 Å². The van der Waals surface area contributed by atoms with Crippen LogP contribution in [0.3, 0.4) is 0 Å². The molecule has 4 nitrogen and oxygen atoms in total. The fraction of sp³-hybridized carbons (Fsp3) is 0.600. The van der Waals surface area contributed by atoms with Gasteiger partial charge in [0.15, 0.2) is 0 Å². The maximum Gasteiger partial charge on any atom is 0.122 e. The van der Waals surface area contributed by atoms with Crippen molar-refractivity contribution in [1.82, 2.24) is 4.90 Å². The number of nitrogens with zero attached hydrogens (tertiary/aromatic N) is 1. The molecule has 0 saturated carbocycles. The fourth-order valence-corrected chi connectivity index (χ4v) is 2.60. The number of anilines is 2. The molecule has 1 aromatic carbocycles. The number of nitrogens with two attached hydrogens (primary N) is 1. The molecule has 1 aliphatic rings. The SMILES string of the molecule is COc1cc(N)cc(NCC2CCN(C(C)C)C2)c1. The number of likely N-dealkylation sites (tertiary alicyclic amines) is 1. The lowest BCUT2D eigenvalue weighted by Gasteiger charge is -2.20. The van der Waals surface area contributed by atoms with E-state index in [0.29, 0.717) is 6.04 Å². The van der Waals surface area contributed by atoms with Gasteiger partial charge in [0.25, 0.3) is 0 Å². The fourth-order valence-electron chi connectivity index (χ4n) is 2.60. The van der Waals surface area contributed by atoms with E-state index in [1.54, 1.807) is 7.11 Å². The zero-order valence-electron chi connectivity index (χ0n) is 12.1. The topological polar surface area (TPSA) is 50.5 Å². The van der Waals surface area contributed by atoms with Gasteiger partial charge >= 0.3 is 0 Å². The Balaban J connectivity index is 1.87. The van der Waals surface area contributed by atoms with Crippen molar-refractivity contribution in [3.05, 3.63) is 18.2 Å². The van der Waals surface area contributed by atoms with Crippen LogP contribution < -0.4 is 15.8 Å². The lowest BCUT2D eigenvalue weighted by atomic mass is 10.1. The first kappa shape index (κ1) is 14.0. The van der Waals surface area contributed by atoms with Crippen LogP contribution >= 0.6 is 0 Å². The predicted octanol–water partition coefficient (Wildman–Crippen LogP) is 2.42. The molecule has 3 N–H and O–H groups in total. The lowest BCUT2D eigenvalue weighted by molar-refractivity contribution is 0.266. The standard InChI is InChI=1S/C15H25N3O/c1-11(2)18-5-4-12(10-18)9-17-14-6-13(16)7-15(8-14)19-3/h6-8,11-12,17H,4-5,9-10,16H2,1-3H3. The number of benzene rings is 1. The molecule has 0 amide bonds. The predicted molar refractivity (Wildman–Crippen MR) is 80.7 cm³/mol. The summed E-state index contributed by atoms with van der Waals surface area (Å²) < 4.78 is 5.23. The number of methoxy groups -OCH3 is 1. The highest BCUT2D eigenvalue weighted by Gasteiger charge is 2.23. The molecule has 0 aromatic heterocycles. The number of hydrogen-bond donors (Lipinski definition) is 2. The molecule has 1 heterocycles. The first-order valence-corrected chi connectivity index (χ1v) is 7.01. The Morgan fingerprint density at radius 1 is 1.42 bits per heavy atom. The van der Waals surface area contributed by atoms with Crippen LogP contribution in [0.25, 0.3) is 0 Å². The van der Waals surface area contributed by atoms with Gasteiger partial charge in [-0.1, -0.05) is 0 Å². The van der Waals surface area contributed by atoms with Gasteiger partial charge in [-0.15, -0.1) is 0 Å². The summed E-state index contributed by atoms with van der Waals surface area (Å²) in [6.45, 7) is 7.92. The minimum absolute atomic E-state index is 0.650. The summed E-state index contributed by atoms with van der Waals surface area (Å²) in [6.07, 6.45) is 1.27. The van der Waals surface area contributed by atoms with Gasteiger partial charge in [0.2, 0.25) is 0 Å². The first-order valence-electron chi connectivity index (χ1n) is 7.01. The Morgan fingerprint density at radius 3 is 2.84 bits per heavy atom. The van der Waals surface area contributed by atoms with Crippen LogP contribution in [-0.2, 0) is 0 Å². The third-order valence-corrected chi connectivity index (χ3v) is 3.81. The molecule has 4 heteroatoms. The van der Waals surface area contributed by atoms with Crippen molar-refractivity contribution in [3.63, 3.8) is 0 Å². The largest absolute Gasteiger partial charge is 0.497 e. The quantitative estimate of drug-likeness (QED) is 0.801. The van der Waals surface area contributed by atoms with E-state index in [1.165, 1.54) is 19.5 Å². The van der Waals surface area contributed by atoms with Crippen molar-refractivity contribution in [3.8, 4) is 5.75 Å². The molecule has 0 spiro atoms. The van der Waals surface area contributed by atoms with Gasteiger partial charge in [-0.2, -0.15) is 0 Å². The molecule has 19 heavy (non-hydrogen) atoms. The highest BCUT2D eigenvalue weighted by atomic mass is 16.5. The van der Waals surface area contributed by atoms with Crippen LogP contribution in [0, 0.1) is 5.92 Å². The third-order valence-electron chi connectivity index (χ3n) is 3.81. The molecule has 0 aliphatic carbocycles. The third kappa shape index (κ3) is 3.77. The van der Waals surface area contributed by atoms with Crippen molar-refractivity contribution in [1.29, 1.82) is 0 Å². The summed E-state index contributed by atoms with van der Waals surface area (Å²) in [5.41, 5.74) is 7.63. The molecular formula is C15H25N3O. The van der Waals surface area contributed by atoms with Crippen LogP contribution in [0.1, 0.15) is 20.3 Å². The van der Waals surface area contributed by atoms with Crippen molar-refractivity contribution >= 4 is 11.4 Å². The number of ether oxygens (including phenoxy) is 1. The maximum atomic E-state index is 5.85. The molecular weight excluding hydrogens is 238 g/mol. The van der Waals surface area contributed by atoms with Gasteiger partial charge in [0, 0.05) is 42.6 Å². The van der Waals surface area contributed by atoms with Crippen molar-refractivity contribution in [2.24, 2.45) is 5.92 Å². The molecule has 2 rings (SSSR count). The number of rotatable bonds is 5. The zero-order valence-corrected chi connectivity index (χ0v) is 12.1. The second-order valence-electron chi connectivity index (χ2n) is 5.62. The molecule has 0 radical (unpaired) electrons. The summed E-state index contributed by atoms with van der Waals surface area (Å²) in [7, 11) is 1.66. The van der Waals surface area contributed by atoms with Crippen molar-refractivity contribution in [2.75, 3.05) is 37.8 Å². The van der Waals surface area contributed by atoms with Crippen molar-refractivity contribution < 1.29 is 4.74 Å². The van der Waals surface area contributed by atoms with E-state index in [4.69, 9.17) is 10.5 Å². The minimum Gasteiger partial charge on any atom is -0.497 e. The molecule has 1 aromatic rings. The Hall–Kier alpha value is -1.42. The Labute approximate surface area is 115 Å². The highest BCUT2D eigenvalue weighted by molar-refractivity contribution is 5.59. The van der Waals surface area contributed by atoms with E-state index in [1.807, 2.05) is 18.2 Å².